The predicted molar refractivity (Wildman–Crippen MR) is 95.5 cm³/mol. The first-order chi connectivity index (χ1) is 12.6. The van der Waals surface area contributed by atoms with E-state index in [-0.39, 0.29) is 23.1 Å². The van der Waals surface area contributed by atoms with Crippen molar-refractivity contribution in [3.05, 3.63) is 82.2 Å². The molecule has 0 saturated carbocycles. The molecule has 7 nitrogen and oxygen atoms in total. The second-order valence-corrected chi connectivity index (χ2v) is 5.92. The van der Waals surface area contributed by atoms with Crippen molar-refractivity contribution < 1.29 is 14.0 Å². The van der Waals surface area contributed by atoms with Crippen LogP contribution in [0, 0.1) is 0 Å². The molecular weight excluding hydrogens is 334 g/mol. The molecule has 1 aliphatic heterocycles. The number of nitrogens with zero attached hydrogens (tertiary/aromatic N) is 1. The van der Waals surface area contributed by atoms with E-state index in [1.165, 1.54) is 24.6 Å². The first kappa shape index (κ1) is 15.9. The Morgan fingerprint density at radius 1 is 1.15 bits per heavy atom. The number of carbonyl (C=O) groups excluding carboxylic acids is 2. The summed E-state index contributed by atoms with van der Waals surface area (Å²) in [4.78, 5) is 40.1. The van der Waals surface area contributed by atoms with Crippen LogP contribution in [0.1, 0.15) is 26.5 Å². The van der Waals surface area contributed by atoms with E-state index in [1.807, 2.05) is 6.07 Å². The third kappa shape index (κ3) is 2.90. The van der Waals surface area contributed by atoms with Crippen LogP contribution in [0.4, 0.5) is 11.4 Å². The monoisotopic (exact) mass is 349 g/mol. The number of fused-ring (bicyclic) bond motifs is 1. The van der Waals surface area contributed by atoms with Crippen LogP contribution >= 0.6 is 0 Å². The van der Waals surface area contributed by atoms with E-state index in [9.17, 15) is 14.4 Å². The molecule has 0 radical (unpaired) electrons. The maximum Gasteiger partial charge on any atom is 0.293 e. The number of H-pyrrole nitrogens is 1. The molecule has 0 atom stereocenters. The lowest BCUT2D eigenvalue weighted by Gasteiger charge is -2.17. The molecule has 0 fully saturated rings. The van der Waals surface area contributed by atoms with Crippen LogP contribution in [-0.4, -0.2) is 23.3 Å². The number of aromatic nitrogens is 1. The molecule has 0 saturated heterocycles. The molecule has 3 aromatic rings. The van der Waals surface area contributed by atoms with Gasteiger partial charge < -0.3 is 19.6 Å². The van der Waals surface area contributed by atoms with Crippen molar-refractivity contribution in [1.82, 2.24) is 4.98 Å². The van der Waals surface area contributed by atoms with E-state index in [4.69, 9.17) is 4.42 Å². The maximum absolute atomic E-state index is 12.6. The third-order valence-electron chi connectivity index (χ3n) is 4.26. The number of pyridine rings is 1. The van der Waals surface area contributed by atoms with Gasteiger partial charge in [0.25, 0.3) is 11.8 Å². The highest BCUT2D eigenvalue weighted by Crippen LogP contribution is 2.32. The van der Waals surface area contributed by atoms with Gasteiger partial charge in [0.1, 0.15) is 0 Å². The number of hydrogen-bond acceptors (Lipinski definition) is 4. The van der Waals surface area contributed by atoms with Crippen LogP contribution in [0.25, 0.3) is 0 Å². The summed E-state index contributed by atoms with van der Waals surface area (Å²) in [5.41, 5.74) is 2.43. The van der Waals surface area contributed by atoms with Crippen molar-refractivity contribution in [1.29, 1.82) is 0 Å². The Kier molecular flexibility index (Phi) is 3.89. The van der Waals surface area contributed by atoms with Gasteiger partial charge in [0, 0.05) is 30.2 Å². The standard InChI is InChI=1S/C19H15N3O4/c23-17-6-4-13(11-20-17)18(24)21-14-5-3-12-7-8-22(15(12)10-14)19(25)16-2-1-9-26-16/h1-6,9-11H,7-8H2,(H,20,23)(H,21,24). The number of aromatic amines is 1. The zero-order valence-corrected chi connectivity index (χ0v) is 13.7. The van der Waals surface area contributed by atoms with Crippen molar-refractivity contribution in [2.45, 2.75) is 6.42 Å². The molecule has 2 amide bonds. The van der Waals surface area contributed by atoms with Crippen molar-refractivity contribution >= 4 is 23.2 Å². The molecule has 0 spiro atoms. The van der Waals surface area contributed by atoms with Gasteiger partial charge in [-0.2, -0.15) is 0 Å². The number of furan rings is 1. The number of anilines is 2. The summed E-state index contributed by atoms with van der Waals surface area (Å²) >= 11 is 0. The van der Waals surface area contributed by atoms with Crippen molar-refractivity contribution in [3.63, 3.8) is 0 Å². The van der Waals surface area contributed by atoms with E-state index < -0.39 is 0 Å². The maximum atomic E-state index is 12.6. The first-order valence-electron chi connectivity index (χ1n) is 8.10. The number of amides is 2. The van der Waals surface area contributed by atoms with Crippen molar-refractivity contribution in [3.8, 4) is 0 Å². The minimum Gasteiger partial charge on any atom is -0.459 e. The summed E-state index contributed by atoms with van der Waals surface area (Å²) in [6.07, 6.45) is 3.57. The quantitative estimate of drug-likeness (QED) is 0.759. The number of benzene rings is 1. The van der Waals surface area contributed by atoms with Gasteiger partial charge in [-0.3, -0.25) is 14.4 Å². The second kappa shape index (κ2) is 6.36. The minimum absolute atomic E-state index is 0.210. The second-order valence-electron chi connectivity index (χ2n) is 5.92. The summed E-state index contributed by atoms with van der Waals surface area (Å²) in [5.74, 6) is -0.276. The molecular formula is C19H15N3O4. The lowest BCUT2D eigenvalue weighted by Crippen LogP contribution is -2.28. The molecule has 1 aromatic carbocycles. The Morgan fingerprint density at radius 3 is 2.77 bits per heavy atom. The molecule has 130 valence electrons. The molecule has 4 rings (SSSR count). The van der Waals surface area contributed by atoms with Gasteiger partial charge in [-0.25, -0.2) is 0 Å². The van der Waals surface area contributed by atoms with E-state index in [1.54, 1.807) is 29.2 Å². The Bertz CT molecular complexity index is 1020. The first-order valence-corrected chi connectivity index (χ1v) is 8.10. The smallest absolute Gasteiger partial charge is 0.293 e. The third-order valence-corrected chi connectivity index (χ3v) is 4.26. The lowest BCUT2D eigenvalue weighted by molar-refractivity contribution is 0.0962. The zero-order valence-electron chi connectivity index (χ0n) is 13.7. The molecule has 26 heavy (non-hydrogen) atoms. The van der Waals surface area contributed by atoms with E-state index in [2.05, 4.69) is 10.3 Å². The van der Waals surface area contributed by atoms with Gasteiger partial charge in [0.15, 0.2) is 5.76 Å². The highest BCUT2D eigenvalue weighted by atomic mass is 16.3. The normalized spacial score (nSPS) is 12.7. The fourth-order valence-corrected chi connectivity index (χ4v) is 2.96. The minimum atomic E-state index is -0.344. The molecule has 3 heterocycles. The predicted octanol–water partition coefficient (Wildman–Crippen LogP) is 2.42. The Labute approximate surface area is 148 Å². The average molecular weight is 349 g/mol. The van der Waals surface area contributed by atoms with Crippen LogP contribution in [-0.2, 0) is 6.42 Å². The fraction of sp³-hybridized carbons (Fsp3) is 0.105. The fourth-order valence-electron chi connectivity index (χ4n) is 2.96. The van der Waals surface area contributed by atoms with Gasteiger partial charge >= 0.3 is 0 Å². The Hall–Kier alpha value is -3.61. The molecule has 2 N–H and O–H groups in total. The topological polar surface area (TPSA) is 95.4 Å². The Morgan fingerprint density at radius 2 is 2.04 bits per heavy atom. The van der Waals surface area contributed by atoms with Gasteiger partial charge in [0.05, 0.1) is 11.8 Å². The highest BCUT2D eigenvalue weighted by molar-refractivity contribution is 6.07. The number of rotatable bonds is 3. The molecule has 0 bridgehead atoms. The number of hydrogen-bond donors (Lipinski definition) is 2. The van der Waals surface area contributed by atoms with Crippen LogP contribution in [0.3, 0.4) is 0 Å². The van der Waals surface area contributed by atoms with Crippen molar-refractivity contribution in [2.24, 2.45) is 0 Å². The van der Waals surface area contributed by atoms with Crippen LogP contribution in [0.15, 0.2) is 64.1 Å². The molecule has 7 heteroatoms. The Balaban J connectivity index is 1.58. The summed E-state index contributed by atoms with van der Waals surface area (Å²) < 4.78 is 5.20. The largest absolute Gasteiger partial charge is 0.459 e. The zero-order chi connectivity index (χ0) is 18.1. The number of carbonyl (C=O) groups is 2. The molecule has 0 unspecified atom stereocenters. The van der Waals surface area contributed by atoms with Crippen LogP contribution in [0.5, 0.6) is 0 Å². The summed E-state index contributed by atoms with van der Waals surface area (Å²) in [7, 11) is 0. The van der Waals surface area contributed by atoms with E-state index >= 15 is 0 Å². The summed E-state index contributed by atoms with van der Waals surface area (Å²) in [5, 5.41) is 2.78. The van der Waals surface area contributed by atoms with Gasteiger partial charge in [-0.05, 0) is 42.3 Å². The van der Waals surface area contributed by atoms with Gasteiger partial charge in [0.2, 0.25) is 5.56 Å². The van der Waals surface area contributed by atoms with Gasteiger partial charge in [-0.1, -0.05) is 6.07 Å². The van der Waals surface area contributed by atoms with Crippen LogP contribution in [0.2, 0.25) is 0 Å². The lowest BCUT2D eigenvalue weighted by atomic mass is 10.1. The van der Waals surface area contributed by atoms with Crippen LogP contribution < -0.4 is 15.8 Å². The highest BCUT2D eigenvalue weighted by Gasteiger charge is 2.27. The van der Waals surface area contributed by atoms with E-state index in [0.717, 1.165) is 17.7 Å². The summed E-state index contributed by atoms with van der Waals surface area (Å²) in [6.45, 7) is 0.562. The summed E-state index contributed by atoms with van der Waals surface area (Å²) in [6, 6.07) is 11.5. The molecule has 1 aliphatic rings. The number of nitrogens with one attached hydrogen (secondary N) is 2. The van der Waals surface area contributed by atoms with E-state index in [0.29, 0.717) is 17.8 Å². The average Bonchev–Trinajstić information content (AvgIpc) is 3.31. The van der Waals surface area contributed by atoms with Crippen molar-refractivity contribution in [2.75, 3.05) is 16.8 Å². The van der Waals surface area contributed by atoms with Gasteiger partial charge in [-0.15, -0.1) is 0 Å². The SMILES string of the molecule is O=C(Nc1ccc2c(c1)N(C(=O)c1ccco1)CC2)c1ccc(=O)[nH]c1. The molecule has 2 aromatic heterocycles. The molecule has 0 aliphatic carbocycles.